The van der Waals surface area contributed by atoms with Gasteiger partial charge in [-0.15, -0.1) is 0 Å². The van der Waals surface area contributed by atoms with E-state index in [1.165, 1.54) is 11.1 Å². The molecular formula is C33H54O7. The number of rotatable bonds is 6. The smallest absolute Gasteiger partial charge is 0.186 e. The van der Waals surface area contributed by atoms with Crippen LogP contribution in [0.25, 0.3) is 0 Å². The predicted octanol–water partition coefficient (Wildman–Crippen LogP) is 4.10. The summed E-state index contributed by atoms with van der Waals surface area (Å²) >= 11 is 0. The Kier molecular flexibility index (Phi) is 8.71. The van der Waals surface area contributed by atoms with Crippen LogP contribution in [0.4, 0.5) is 0 Å². The van der Waals surface area contributed by atoms with E-state index in [-0.39, 0.29) is 34.9 Å². The van der Waals surface area contributed by atoms with Crippen LogP contribution in [0.3, 0.4) is 0 Å². The molecular weight excluding hydrogens is 508 g/mol. The Morgan fingerprint density at radius 3 is 2.50 bits per heavy atom. The molecule has 15 atom stereocenters. The van der Waals surface area contributed by atoms with E-state index in [0.29, 0.717) is 24.2 Å². The molecule has 0 aromatic rings. The average Bonchev–Trinajstić information content (AvgIpc) is 3.20. The molecule has 0 amide bonds. The van der Waals surface area contributed by atoms with Gasteiger partial charge in [0.1, 0.15) is 18.3 Å². The highest BCUT2D eigenvalue weighted by molar-refractivity contribution is 5.26. The van der Waals surface area contributed by atoms with Crippen LogP contribution >= 0.6 is 0 Å². The summed E-state index contributed by atoms with van der Waals surface area (Å²) in [5.41, 5.74) is 2.72. The van der Waals surface area contributed by atoms with E-state index in [1.54, 1.807) is 6.92 Å². The fourth-order valence-electron chi connectivity index (χ4n) is 9.86. The summed E-state index contributed by atoms with van der Waals surface area (Å²) in [5, 5.41) is 53.3. The van der Waals surface area contributed by atoms with E-state index >= 15 is 0 Å². The molecule has 5 aliphatic rings. The zero-order chi connectivity index (χ0) is 29.1. The zero-order valence-electron chi connectivity index (χ0n) is 25.4. The first kappa shape index (κ1) is 30.7. The van der Waals surface area contributed by atoms with Gasteiger partial charge in [0.15, 0.2) is 6.29 Å². The predicted molar refractivity (Wildman–Crippen MR) is 153 cm³/mol. The van der Waals surface area contributed by atoms with Gasteiger partial charge in [0, 0.05) is 0 Å². The first-order valence-electron chi connectivity index (χ1n) is 15.8. The lowest BCUT2D eigenvalue weighted by molar-refractivity contribution is -0.309. The maximum Gasteiger partial charge on any atom is 0.186 e. The van der Waals surface area contributed by atoms with Crippen molar-refractivity contribution >= 4 is 0 Å². The fourth-order valence-corrected chi connectivity index (χ4v) is 9.86. The summed E-state index contributed by atoms with van der Waals surface area (Å²) in [5.74, 6) is 1.49. The van der Waals surface area contributed by atoms with Crippen molar-refractivity contribution in [1.29, 1.82) is 0 Å². The summed E-state index contributed by atoms with van der Waals surface area (Å²) in [7, 11) is 0. The zero-order valence-corrected chi connectivity index (χ0v) is 25.4. The Morgan fingerprint density at radius 2 is 1.80 bits per heavy atom. The third kappa shape index (κ3) is 5.16. The highest BCUT2D eigenvalue weighted by Crippen LogP contribution is 2.68. The molecule has 0 unspecified atom stereocenters. The Labute approximate surface area is 240 Å². The van der Waals surface area contributed by atoms with Gasteiger partial charge < -0.3 is 35.0 Å². The SMILES string of the molecule is CC(C)=CC[C@H](O)[C@@H](C)[C@H]1[C@@H](O[C@@H]2O[C@@H](C)[C@H](O)[C@@H](O)[C@H]2O)C[C@H]2[C@@H]3CC=C4C[C@@H](O)CC[C@]4(C)[C@H]3CC[C@]12C. The van der Waals surface area contributed by atoms with Gasteiger partial charge in [-0.1, -0.05) is 44.1 Å². The maximum absolute atomic E-state index is 11.4. The Bertz CT molecular complexity index is 976. The van der Waals surface area contributed by atoms with Crippen LogP contribution in [-0.2, 0) is 9.47 Å². The van der Waals surface area contributed by atoms with Crippen LogP contribution in [0, 0.1) is 40.4 Å². The third-order valence-corrected chi connectivity index (χ3v) is 12.2. The molecule has 5 N–H and O–H groups in total. The van der Waals surface area contributed by atoms with E-state index in [4.69, 9.17) is 9.47 Å². The third-order valence-electron chi connectivity index (χ3n) is 12.2. The molecule has 5 rings (SSSR count). The van der Waals surface area contributed by atoms with Crippen molar-refractivity contribution < 1.29 is 35.0 Å². The minimum atomic E-state index is -1.34. The molecule has 3 saturated carbocycles. The van der Waals surface area contributed by atoms with Crippen LogP contribution in [0.5, 0.6) is 0 Å². The van der Waals surface area contributed by atoms with Crippen molar-refractivity contribution in [3.63, 3.8) is 0 Å². The second kappa shape index (κ2) is 11.4. The first-order chi connectivity index (χ1) is 18.8. The minimum Gasteiger partial charge on any atom is -0.393 e. The van der Waals surface area contributed by atoms with Crippen LogP contribution in [0.2, 0.25) is 0 Å². The average molecular weight is 563 g/mol. The van der Waals surface area contributed by atoms with Gasteiger partial charge in [-0.3, -0.25) is 0 Å². The van der Waals surface area contributed by atoms with E-state index in [2.05, 4.69) is 46.8 Å². The highest BCUT2D eigenvalue weighted by Gasteiger charge is 2.63. The maximum atomic E-state index is 11.4. The highest BCUT2D eigenvalue weighted by atomic mass is 16.7. The van der Waals surface area contributed by atoms with Crippen LogP contribution in [-0.4, -0.2) is 74.6 Å². The normalized spacial score (nSPS) is 50.2. The van der Waals surface area contributed by atoms with Crippen molar-refractivity contribution in [2.75, 3.05) is 0 Å². The summed E-state index contributed by atoms with van der Waals surface area (Å²) in [6, 6.07) is 0. The van der Waals surface area contributed by atoms with E-state index in [0.717, 1.165) is 44.9 Å². The molecule has 7 heteroatoms. The van der Waals surface area contributed by atoms with Crippen molar-refractivity contribution in [1.82, 2.24) is 0 Å². The lowest BCUT2D eigenvalue weighted by atomic mass is 9.47. The fraction of sp³-hybridized carbons (Fsp3) is 0.879. The van der Waals surface area contributed by atoms with Gasteiger partial charge in [0.05, 0.1) is 24.4 Å². The van der Waals surface area contributed by atoms with Crippen LogP contribution in [0.1, 0.15) is 92.9 Å². The van der Waals surface area contributed by atoms with Gasteiger partial charge >= 0.3 is 0 Å². The first-order valence-corrected chi connectivity index (χ1v) is 15.8. The summed E-state index contributed by atoms with van der Waals surface area (Å²) in [4.78, 5) is 0. The lowest BCUT2D eigenvalue weighted by Gasteiger charge is -2.58. The number of hydrogen-bond donors (Lipinski definition) is 5. The Hall–Kier alpha value is -0.800. The molecule has 1 saturated heterocycles. The molecule has 7 nitrogen and oxygen atoms in total. The lowest BCUT2D eigenvalue weighted by Crippen LogP contribution is -2.58. The molecule has 40 heavy (non-hydrogen) atoms. The monoisotopic (exact) mass is 562 g/mol. The molecule has 0 aromatic carbocycles. The summed E-state index contributed by atoms with van der Waals surface area (Å²) in [6.45, 7) is 12.8. The Morgan fingerprint density at radius 1 is 1.07 bits per heavy atom. The molecule has 4 aliphatic carbocycles. The number of aliphatic hydroxyl groups is 5. The molecule has 1 aliphatic heterocycles. The molecule has 228 valence electrons. The number of hydrogen-bond acceptors (Lipinski definition) is 7. The van der Waals surface area contributed by atoms with E-state index < -0.39 is 36.8 Å². The van der Waals surface area contributed by atoms with Gasteiger partial charge in [-0.2, -0.15) is 0 Å². The van der Waals surface area contributed by atoms with Crippen molar-refractivity contribution in [2.45, 2.75) is 142 Å². The second-order valence-electron chi connectivity index (χ2n) is 14.8. The molecule has 0 bridgehead atoms. The van der Waals surface area contributed by atoms with Gasteiger partial charge in [-0.25, -0.2) is 0 Å². The molecule has 1 heterocycles. The van der Waals surface area contributed by atoms with Gasteiger partial charge in [-0.05, 0) is 113 Å². The van der Waals surface area contributed by atoms with Crippen molar-refractivity contribution in [3.05, 3.63) is 23.3 Å². The van der Waals surface area contributed by atoms with Crippen molar-refractivity contribution in [2.24, 2.45) is 40.4 Å². The minimum absolute atomic E-state index is 0.0315. The number of ether oxygens (including phenoxy) is 2. The summed E-state index contributed by atoms with van der Waals surface area (Å²) < 4.78 is 12.5. The number of fused-ring (bicyclic) bond motifs is 5. The molecule has 0 spiro atoms. The van der Waals surface area contributed by atoms with E-state index in [9.17, 15) is 25.5 Å². The molecule has 4 fully saturated rings. The molecule has 0 radical (unpaired) electrons. The van der Waals surface area contributed by atoms with Crippen LogP contribution in [0.15, 0.2) is 23.3 Å². The topological polar surface area (TPSA) is 120 Å². The summed E-state index contributed by atoms with van der Waals surface area (Å²) in [6.07, 6.45) is 5.33. The quantitative estimate of drug-likeness (QED) is 0.309. The molecule has 0 aromatic heterocycles. The van der Waals surface area contributed by atoms with Gasteiger partial charge in [0.2, 0.25) is 0 Å². The van der Waals surface area contributed by atoms with E-state index in [1.807, 2.05) is 0 Å². The number of allylic oxidation sites excluding steroid dienone is 2. The van der Waals surface area contributed by atoms with Crippen molar-refractivity contribution in [3.8, 4) is 0 Å². The standard InChI is InChI=1S/C33H54O7/c1-17(2)7-10-25(35)18(3)27-26(40-31-30(38)29(37)28(36)19(4)39-31)16-24-22-9-8-20-15-21(34)11-13-32(20,5)23(22)12-14-33(24,27)6/h7-8,18-19,21-31,34-38H,9-16H2,1-6H3/t18-,19+,21+,22-,23+,24+,25+,26+,27+,28+,29-,30-,31+,32+,33+/m1/s1. The van der Waals surface area contributed by atoms with Crippen LogP contribution < -0.4 is 0 Å². The second-order valence-corrected chi connectivity index (χ2v) is 14.8. The Balaban J connectivity index is 1.46. The van der Waals surface area contributed by atoms with Gasteiger partial charge in [0.25, 0.3) is 0 Å². The largest absolute Gasteiger partial charge is 0.393 e. The number of aliphatic hydroxyl groups excluding tert-OH is 5.